The molecule has 94 valence electrons. The number of hydrogen-bond acceptors (Lipinski definition) is 4. The van der Waals surface area contributed by atoms with Crippen molar-refractivity contribution in [2.45, 2.75) is 32.7 Å². The quantitative estimate of drug-likeness (QED) is 0.862. The van der Waals surface area contributed by atoms with E-state index in [1.807, 2.05) is 26.2 Å². The molecule has 17 heavy (non-hydrogen) atoms. The van der Waals surface area contributed by atoms with Gasteiger partial charge in [0, 0.05) is 31.0 Å². The van der Waals surface area contributed by atoms with Gasteiger partial charge in [0.1, 0.15) is 0 Å². The molecule has 2 rings (SSSR count). The van der Waals surface area contributed by atoms with Crippen LogP contribution in [0.1, 0.15) is 25.5 Å². The number of hydrogen-bond donors (Lipinski definition) is 1. The number of piperidine rings is 1. The van der Waals surface area contributed by atoms with Gasteiger partial charge in [0.05, 0.1) is 0 Å². The molecule has 1 N–H and O–H groups in total. The lowest BCUT2D eigenvalue weighted by atomic mass is 9.90. The molecular weight excluding hydrogens is 212 g/mol. The molecule has 4 nitrogen and oxygen atoms in total. The second-order valence-electron chi connectivity index (χ2n) is 4.90. The molecule has 1 aliphatic rings. The van der Waals surface area contributed by atoms with Crippen LogP contribution < -0.4 is 10.2 Å². The summed E-state index contributed by atoms with van der Waals surface area (Å²) in [6.07, 6.45) is 4.29. The van der Waals surface area contributed by atoms with E-state index < -0.39 is 0 Å². The second-order valence-corrected chi connectivity index (χ2v) is 4.90. The first-order valence-corrected chi connectivity index (χ1v) is 6.42. The van der Waals surface area contributed by atoms with Gasteiger partial charge >= 0.3 is 0 Å². The van der Waals surface area contributed by atoms with Crippen molar-refractivity contribution in [3.63, 3.8) is 0 Å². The Labute approximate surface area is 103 Å². The zero-order chi connectivity index (χ0) is 12.3. The zero-order valence-electron chi connectivity index (χ0n) is 11.0. The van der Waals surface area contributed by atoms with Crippen LogP contribution in [0.2, 0.25) is 0 Å². The van der Waals surface area contributed by atoms with E-state index >= 15 is 0 Å². The van der Waals surface area contributed by atoms with Crippen molar-refractivity contribution in [3.8, 4) is 0 Å². The average molecular weight is 234 g/mol. The van der Waals surface area contributed by atoms with Crippen LogP contribution in [0, 0.1) is 12.8 Å². The Kier molecular flexibility index (Phi) is 3.94. The first-order chi connectivity index (χ1) is 8.20. The number of aryl methyl sites for hydroxylation is 1. The smallest absolute Gasteiger partial charge is 0.225 e. The first-order valence-electron chi connectivity index (χ1n) is 6.42. The molecule has 0 spiro atoms. The molecule has 4 heteroatoms. The number of anilines is 1. The van der Waals surface area contributed by atoms with Crippen molar-refractivity contribution in [1.29, 1.82) is 0 Å². The van der Waals surface area contributed by atoms with Crippen molar-refractivity contribution >= 4 is 5.95 Å². The fraction of sp³-hybridized carbons (Fsp3) is 0.692. The van der Waals surface area contributed by atoms with E-state index in [0.717, 1.165) is 30.6 Å². The van der Waals surface area contributed by atoms with Gasteiger partial charge in [-0.05, 0) is 45.7 Å². The Bertz CT molecular complexity index is 358. The van der Waals surface area contributed by atoms with Crippen LogP contribution in [0.3, 0.4) is 0 Å². The van der Waals surface area contributed by atoms with Gasteiger partial charge in [0.25, 0.3) is 0 Å². The van der Waals surface area contributed by atoms with Crippen LogP contribution >= 0.6 is 0 Å². The van der Waals surface area contributed by atoms with Crippen molar-refractivity contribution in [2.24, 2.45) is 5.92 Å². The van der Waals surface area contributed by atoms with Crippen molar-refractivity contribution in [1.82, 2.24) is 15.3 Å². The third kappa shape index (κ3) is 2.94. The largest absolute Gasteiger partial charge is 0.341 e. The number of rotatable bonds is 3. The maximum absolute atomic E-state index is 4.49. The van der Waals surface area contributed by atoms with Crippen LogP contribution in [0.15, 0.2) is 12.3 Å². The summed E-state index contributed by atoms with van der Waals surface area (Å²) in [5, 5.41) is 3.35. The van der Waals surface area contributed by atoms with Crippen molar-refractivity contribution in [3.05, 3.63) is 18.0 Å². The Balaban J connectivity index is 1.95. The molecule has 2 heterocycles. The predicted octanol–water partition coefficient (Wildman–Crippen LogP) is 1.61. The molecule has 0 saturated carbocycles. The van der Waals surface area contributed by atoms with E-state index in [1.54, 1.807) is 0 Å². The lowest BCUT2D eigenvalue weighted by molar-refractivity contribution is 0.322. The average Bonchev–Trinajstić information content (AvgIpc) is 2.38. The first kappa shape index (κ1) is 12.3. The number of nitrogens with one attached hydrogen (secondary N) is 1. The second kappa shape index (κ2) is 5.45. The summed E-state index contributed by atoms with van der Waals surface area (Å²) in [5.74, 6) is 1.67. The summed E-state index contributed by atoms with van der Waals surface area (Å²) in [6.45, 7) is 6.42. The summed E-state index contributed by atoms with van der Waals surface area (Å²) in [4.78, 5) is 11.1. The predicted molar refractivity (Wildman–Crippen MR) is 70.2 cm³/mol. The minimum Gasteiger partial charge on any atom is -0.341 e. The van der Waals surface area contributed by atoms with E-state index in [2.05, 4.69) is 27.1 Å². The van der Waals surface area contributed by atoms with Gasteiger partial charge in [-0.15, -0.1) is 0 Å². The molecule has 1 unspecified atom stereocenters. The molecule has 0 bridgehead atoms. The van der Waals surface area contributed by atoms with E-state index in [-0.39, 0.29) is 0 Å². The molecular formula is C13H22N4. The Morgan fingerprint density at radius 2 is 2.12 bits per heavy atom. The summed E-state index contributed by atoms with van der Waals surface area (Å²) in [5.41, 5.74) is 1.04. The maximum Gasteiger partial charge on any atom is 0.225 e. The van der Waals surface area contributed by atoms with Gasteiger partial charge in [-0.25, -0.2) is 9.97 Å². The Morgan fingerprint density at radius 3 is 2.71 bits per heavy atom. The fourth-order valence-electron chi connectivity index (χ4n) is 2.42. The van der Waals surface area contributed by atoms with Crippen LogP contribution in [0.25, 0.3) is 0 Å². The van der Waals surface area contributed by atoms with Gasteiger partial charge < -0.3 is 10.2 Å². The van der Waals surface area contributed by atoms with E-state index in [4.69, 9.17) is 0 Å². The molecule has 0 amide bonds. The summed E-state index contributed by atoms with van der Waals surface area (Å²) >= 11 is 0. The Morgan fingerprint density at radius 1 is 1.41 bits per heavy atom. The molecule has 1 aromatic heterocycles. The standard InChI is InChI=1S/C13H22N4/c1-10-4-7-15-13(16-10)17-8-5-12(6-9-17)11(2)14-3/h4,7,11-12,14H,5-6,8-9H2,1-3H3. The number of aromatic nitrogens is 2. The zero-order valence-corrected chi connectivity index (χ0v) is 11.0. The third-order valence-electron chi connectivity index (χ3n) is 3.77. The topological polar surface area (TPSA) is 41.0 Å². The fourth-order valence-corrected chi connectivity index (χ4v) is 2.42. The van der Waals surface area contributed by atoms with Crippen molar-refractivity contribution < 1.29 is 0 Å². The SMILES string of the molecule is CNC(C)C1CCN(c2nccc(C)n2)CC1. The summed E-state index contributed by atoms with van der Waals surface area (Å²) in [6, 6.07) is 2.55. The van der Waals surface area contributed by atoms with Gasteiger partial charge in [-0.3, -0.25) is 0 Å². The minimum absolute atomic E-state index is 0.607. The summed E-state index contributed by atoms with van der Waals surface area (Å²) < 4.78 is 0. The Hall–Kier alpha value is -1.16. The molecule has 1 aromatic rings. The van der Waals surface area contributed by atoms with E-state index in [0.29, 0.717) is 6.04 Å². The minimum atomic E-state index is 0.607. The van der Waals surface area contributed by atoms with Gasteiger partial charge in [-0.2, -0.15) is 0 Å². The molecule has 1 aliphatic heterocycles. The third-order valence-corrected chi connectivity index (χ3v) is 3.77. The highest BCUT2D eigenvalue weighted by atomic mass is 15.2. The van der Waals surface area contributed by atoms with Gasteiger partial charge in [-0.1, -0.05) is 0 Å². The van der Waals surface area contributed by atoms with Crippen LogP contribution in [0.5, 0.6) is 0 Å². The molecule has 0 aromatic carbocycles. The van der Waals surface area contributed by atoms with Gasteiger partial charge in [0.15, 0.2) is 0 Å². The van der Waals surface area contributed by atoms with Crippen LogP contribution in [-0.4, -0.2) is 36.1 Å². The van der Waals surface area contributed by atoms with E-state index in [9.17, 15) is 0 Å². The van der Waals surface area contributed by atoms with E-state index in [1.165, 1.54) is 12.8 Å². The highest BCUT2D eigenvalue weighted by Crippen LogP contribution is 2.22. The highest BCUT2D eigenvalue weighted by Gasteiger charge is 2.24. The maximum atomic E-state index is 4.49. The lowest BCUT2D eigenvalue weighted by Gasteiger charge is -2.34. The molecule has 1 atom stereocenters. The molecule has 1 saturated heterocycles. The molecule has 0 aliphatic carbocycles. The normalized spacial score (nSPS) is 19.4. The molecule has 0 radical (unpaired) electrons. The monoisotopic (exact) mass is 234 g/mol. The highest BCUT2D eigenvalue weighted by molar-refractivity contribution is 5.30. The molecule has 1 fully saturated rings. The number of nitrogens with zero attached hydrogens (tertiary/aromatic N) is 3. The van der Waals surface area contributed by atoms with Gasteiger partial charge in [0.2, 0.25) is 5.95 Å². The summed E-state index contributed by atoms with van der Waals surface area (Å²) in [7, 11) is 2.04. The van der Waals surface area contributed by atoms with Crippen molar-refractivity contribution in [2.75, 3.05) is 25.0 Å². The lowest BCUT2D eigenvalue weighted by Crippen LogP contribution is -2.41. The van der Waals surface area contributed by atoms with Crippen LogP contribution in [-0.2, 0) is 0 Å². The van der Waals surface area contributed by atoms with Crippen LogP contribution in [0.4, 0.5) is 5.95 Å².